The summed E-state index contributed by atoms with van der Waals surface area (Å²) in [6.07, 6.45) is 1.53. The Balaban J connectivity index is 2.21. The Morgan fingerprint density at radius 1 is 1.47 bits per heavy atom. The van der Waals surface area contributed by atoms with Gasteiger partial charge in [0.15, 0.2) is 0 Å². The van der Waals surface area contributed by atoms with Crippen LogP contribution in [0, 0.1) is 11.3 Å². The van der Waals surface area contributed by atoms with E-state index in [0.29, 0.717) is 6.04 Å². The molecule has 98 valence electrons. The molecule has 0 atom stereocenters. The zero-order valence-corrected chi connectivity index (χ0v) is 12.3. The smallest absolute Gasteiger partial charge is 0.252 e. The standard InChI is InChI=1S/C13H14BrN5/c1-9(2)16-7-10-3-4-11(5-12(10)14)19-8-17-13(6-15)18-19/h3-5,8-9,16H,7H2,1-2H3. The molecule has 0 fully saturated rings. The molecule has 0 radical (unpaired) electrons. The highest BCUT2D eigenvalue weighted by Crippen LogP contribution is 2.20. The molecule has 0 unspecified atom stereocenters. The summed E-state index contributed by atoms with van der Waals surface area (Å²) >= 11 is 3.55. The minimum Gasteiger partial charge on any atom is -0.310 e. The van der Waals surface area contributed by atoms with Gasteiger partial charge in [0.1, 0.15) is 12.4 Å². The number of hydrogen-bond acceptors (Lipinski definition) is 4. The van der Waals surface area contributed by atoms with E-state index < -0.39 is 0 Å². The van der Waals surface area contributed by atoms with Gasteiger partial charge in [0, 0.05) is 17.1 Å². The molecule has 0 aliphatic carbocycles. The summed E-state index contributed by atoms with van der Waals surface area (Å²) in [4.78, 5) is 3.89. The van der Waals surface area contributed by atoms with Crippen molar-refractivity contribution in [1.82, 2.24) is 20.1 Å². The van der Waals surface area contributed by atoms with Gasteiger partial charge in [0.25, 0.3) is 5.82 Å². The Morgan fingerprint density at radius 2 is 2.26 bits per heavy atom. The molecule has 0 spiro atoms. The van der Waals surface area contributed by atoms with Crippen LogP contribution < -0.4 is 5.32 Å². The maximum atomic E-state index is 8.71. The molecular weight excluding hydrogens is 306 g/mol. The first-order chi connectivity index (χ1) is 9.10. The second-order valence-electron chi connectivity index (χ2n) is 4.44. The van der Waals surface area contributed by atoms with Crippen molar-refractivity contribution >= 4 is 15.9 Å². The Hall–Kier alpha value is -1.71. The third kappa shape index (κ3) is 3.40. The average Bonchev–Trinajstić information content (AvgIpc) is 2.85. The summed E-state index contributed by atoms with van der Waals surface area (Å²) in [6.45, 7) is 5.03. The van der Waals surface area contributed by atoms with Crippen molar-refractivity contribution in [1.29, 1.82) is 5.26 Å². The van der Waals surface area contributed by atoms with Crippen molar-refractivity contribution in [3.8, 4) is 11.8 Å². The topological polar surface area (TPSA) is 66.5 Å². The molecule has 2 rings (SSSR count). The van der Waals surface area contributed by atoms with Gasteiger partial charge < -0.3 is 5.32 Å². The molecular formula is C13H14BrN5. The Kier molecular flexibility index (Phi) is 4.30. The number of nitrogens with zero attached hydrogens (tertiary/aromatic N) is 4. The van der Waals surface area contributed by atoms with Gasteiger partial charge in [-0.1, -0.05) is 35.8 Å². The van der Waals surface area contributed by atoms with Gasteiger partial charge in [0.2, 0.25) is 0 Å². The lowest BCUT2D eigenvalue weighted by Crippen LogP contribution is -2.22. The van der Waals surface area contributed by atoms with E-state index >= 15 is 0 Å². The van der Waals surface area contributed by atoms with Crippen molar-refractivity contribution in [2.75, 3.05) is 0 Å². The lowest BCUT2D eigenvalue weighted by Gasteiger charge is -2.10. The van der Waals surface area contributed by atoms with E-state index in [2.05, 4.69) is 45.2 Å². The van der Waals surface area contributed by atoms with E-state index in [9.17, 15) is 0 Å². The summed E-state index contributed by atoms with van der Waals surface area (Å²) in [5, 5.41) is 16.1. The molecule has 19 heavy (non-hydrogen) atoms. The van der Waals surface area contributed by atoms with E-state index in [0.717, 1.165) is 16.7 Å². The van der Waals surface area contributed by atoms with Crippen LogP contribution in [0.3, 0.4) is 0 Å². The molecule has 0 bridgehead atoms. The van der Waals surface area contributed by atoms with Crippen LogP contribution >= 0.6 is 15.9 Å². The molecule has 5 nitrogen and oxygen atoms in total. The van der Waals surface area contributed by atoms with E-state index in [4.69, 9.17) is 5.26 Å². The maximum Gasteiger partial charge on any atom is 0.252 e. The molecule has 1 aromatic carbocycles. The zero-order valence-electron chi connectivity index (χ0n) is 10.8. The van der Waals surface area contributed by atoms with Gasteiger partial charge in [-0.3, -0.25) is 0 Å². The fourth-order valence-corrected chi connectivity index (χ4v) is 2.08. The Labute approximate surface area is 120 Å². The van der Waals surface area contributed by atoms with E-state index in [1.807, 2.05) is 24.3 Å². The van der Waals surface area contributed by atoms with Gasteiger partial charge in [-0.25, -0.2) is 9.67 Å². The van der Waals surface area contributed by atoms with Crippen molar-refractivity contribution in [3.05, 3.63) is 40.4 Å². The summed E-state index contributed by atoms with van der Waals surface area (Å²) in [7, 11) is 0. The number of hydrogen-bond donors (Lipinski definition) is 1. The third-order valence-corrected chi connectivity index (χ3v) is 3.33. The number of aromatic nitrogens is 3. The minimum atomic E-state index is 0.168. The van der Waals surface area contributed by atoms with Gasteiger partial charge in [-0.15, -0.1) is 5.10 Å². The van der Waals surface area contributed by atoms with E-state index in [-0.39, 0.29) is 5.82 Å². The molecule has 0 saturated carbocycles. The summed E-state index contributed by atoms with van der Waals surface area (Å²) in [5.74, 6) is 0.168. The fraction of sp³-hybridized carbons (Fsp3) is 0.308. The predicted octanol–water partition coefficient (Wildman–Crippen LogP) is 2.40. The monoisotopic (exact) mass is 319 g/mol. The zero-order chi connectivity index (χ0) is 13.8. The SMILES string of the molecule is CC(C)NCc1ccc(-n2cnc(C#N)n2)cc1Br. The molecule has 0 saturated heterocycles. The molecule has 0 aliphatic heterocycles. The first kappa shape index (κ1) is 13.7. The van der Waals surface area contributed by atoms with Crippen LogP contribution in [0.25, 0.3) is 5.69 Å². The van der Waals surface area contributed by atoms with E-state index in [1.165, 1.54) is 11.9 Å². The maximum absolute atomic E-state index is 8.71. The summed E-state index contributed by atoms with van der Waals surface area (Å²) in [5.41, 5.74) is 2.05. The predicted molar refractivity (Wildman–Crippen MR) is 75.7 cm³/mol. The Morgan fingerprint density at radius 3 is 2.84 bits per heavy atom. The van der Waals surface area contributed by atoms with Crippen LogP contribution in [0.15, 0.2) is 29.0 Å². The lowest BCUT2D eigenvalue weighted by molar-refractivity contribution is 0.588. The first-order valence-corrected chi connectivity index (χ1v) is 6.73. The number of nitrogens with one attached hydrogen (secondary N) is 1. The average molecular weight is 320 g/mol. The Bertz CT molecular complexity index is 612. The highest BCUT2D eigenvalue weighted by molar-refractivity contribution is 9.10. The quantitative estimate of drug-likeness (QED) is 0.939. The second-order valence-corrected chi connectivity index (χ2v) is 5.29. The van der Waals surface area contributed by atoms with Gasteiger partial charge >= 0.3 is 0 Å². The van der Waals surface area contributed by atoms with Gasteiger partial charge in [-0.2, -0.15) is 5.26 Å². The highest BCUT2D eigenvalue weighted by Gasteiger charge is 2.06. The first-order valence-electron chi connectivity index (χ1n) is 5.94. The highest BCUT2D eigenvalue weighted by atomic mass is 79.9. The third-order valence-electron chi connectivity index (χ3n) is 2.59. The lowest BCUT2D eigenvalue weighted by atomic mass is 10.2. The van der Waals surface area contributed by atoms with Gasteiger partial charge in [0.05, 0.1) is 5.69 Å². The largest absolute Gasteiger partial charge is 0.310 e. The molecule has 6 heteroatoms. The number of halogens is 1. The number of rotatable bonds is 4. The van der Waals surface area contributed by atoms with Crippen molar-refractivity contribution in [2.24, 2.45) is 0 Å². The van der Waals surface area contributed by atoms with Crippen molar-refractivity contribution in [3.63, 3.8) is 0 Å². The van der Waals surface area contributed by atoms with Crippen LogP contribution in [0.2, 0.25) is 0 Å². The van der Waals surface area contributed by atoms with Crippen molar-refractivity contribution < 1.29 is 0 Å². The normalized spacial score (nSPS) is 10.7. The van der Waals surface area contributed by atoms with Crippen LogP contribution in [-0.2, 0) is 6.54 Å². The van der Waals surface area contributed by atoms with Crippen molar-refractivity contribution in [2.45, 2.75) is 26.4 Å². The van der Waals surface area contributed by atoms with Crippen LogP contribution in [0.4, 0.5) is 0 Å². The fourth-order valence-electron chi connectivity index (χ4n) is 1.57. The number of benzene rings is 1. The van der Waals surface area contributed by atoms with Crippen LogP contribution in [0.1, 0.15) is 25.2 Å². The molecule has 0 amide bonds. The molecule has 1 N–H and O–H groups in total. The molecule has 1 aromatic heterocycles. The van der Waals surface area contributed by atoms with E-state index in [1.54, 1.807) is 4.68 Å². The summed E-state index contributed by atoms with van der Waals surface area (Å²) in [6, 6.07) is 8.31. The molecule has 2 aromatic rings. The minimum absolute atomic E-state index is 0.168. The van der Waals surface area contributed by atoms with Gasteiger partial charge in [-0.05, 0) is 17.7 Å². The van der Waals surface area contributed by atoms with Crippen LogP contribution in [-0.4, -0.2) is 20.8 Å². The summed E-state index contributed by atoms with van der Waals surface area (Å²) < 4.78 is 2.59. The second kappa shape index (κ2) is 5.95. The molecule has 0 aliphatic rings. The number of nitriles is 1. The molecule has 1 heterocycles. The van der Waals surface area contributed by atoms with Crippen LogP contribution in [0.5, 0.6) is 0 Å².